The fourth-order valence-corrected chi connectivity index (χ4v) is 3.43. The SMILES string of the molecule is OCCn1cc(Nc2nc(-c3cccc(Cl)c3)nc3c2CCCC3)cn1. The van der Waals surface area contributed by atoms with Gasteiger partial charge in [0.2, 0.25) is 0 Å². The molecule has 2 N–H and O–H groups in total. The number of rotatable bonds is 5. The molecule has 7 heteroatoms. The zero-order chi connectivity index (χ0) is 17.9. The van der Waals surface area contributed by atoms with Crippen LogP contribution in [0.25, 0.3) is 11.4 Å². The fourth-order valence-electron chi connectivity index (χ4n) is 3.24. The molecule has 0 saturated heterocycles. The Balaban J connectivity index is 1.73. The van der Waals surface area contributed by atoms with Gasteiger partial charge in [-0.1, -0.05) is 23.7 Å². The van der Waals surface area contributed by atoms with Gasteiger partial charge in [-0.25, -0.2) is 9.97 Å². The molecule has 0 amide bonds. The highest BCUT2D eigenvalue weighted by Crippen LogP contribution is 2.30. The molecule has 0 unspecified atom stereocenters. The van der Waals surface area contributed by atoms with Crippen LogP contribution < -0.4 is 5.32 Å². The van der Waals surface area contributed by atoms with Crippen molar-refractivity contribution in [3.8, 4) is 11.4 Å². The number of aryl methyl sites for hydroxylation is 1. The van der Waals surface area contributed by atoms with Crippen molar-refractivity contribution in [2.75, 3.05) is 11.9 Å². The number of benzene rings is 1. The van der Waals surface area contributed by atoms with Gasteiger partial charge in [-0.3, -0.25) is 4.68 Å². The smallest absolute Gasteiger partial charge is 0.161 e. The van der Waals surface area contributed by atoms with Gasteiger partial charge in [-0.15, -0.1) is 0 Å². The second kappa shape index (κ2) is 7.43. The topological polar surface area (TPSA) is 75.9 Å². The lowest BCUT2D eigenvalue weighted by Crippen LogP contribution is -2.12. The molecule has 0 spiro atoms. The quantitative estimate of drug-likeness (QED) is 0.718. The molecular weight excluding hydrogens is 350 g/mol. The van der Waals surface area contributed by atoms with E-state index in [1.807, 2.05) is 30.5 Å². The van der Waals surface area contributed by atoms with Crippen molar-refractivity contribution in [1.82, 2.24) is 19.7 Å². The number of hydrogen-bond donors (Lipinski definition) is 2. The fraction of sp³-hybridized carbons (Fsp3) is 0.316. The summed E-state index contributed by atoms with van der Waals surface area (Å²) >= 11 is 6.14. The number of nitrogens with one attached hydrogen (secondary N) is 1. The molecule has 0 radical (unpaired) electrons. The molecule has 0 bridgehead atoms. The van der Waals surface area contributed by atoms with E-state index in [4.69, 9.17) is 26.7 Å². The summed E-state index contributed by atoms with van der Waals surface area (Å²) in [6.07, 6.45) is 7.83. The maximum Gasteiger partial charge on any atom is 0.161 e. The van der Waals surface area contributed by atoms with Gasteiger partial charge in [-0.2, -0.15) is 5.10 Å². The van der Waals surface area contributed by atoms with E-state index in [9.17, 15) is 0 Å². The van der Waals surface area contributed by atoms with Crippen LogP contribution in [0.3, 0.4) is 0 Å². The van der Waals surface area contributed by atoms with Crippen molar-refractivity contribution in [1.29, 1.82) is 0 Å². The van der Waals surface area contributed by atoms with Crippen molar-refractivity contribution in [2.45, 2.75) is 32.2 Å². The summed E-state index contributed by atoms with van der Waals surface area (Å²) in [6, 6.07) is 7.61. The zero-order valence-corrected chi connectivity index (χ0v) is 15.1. The Bertz CT molecular complexity index is 924. The van der Waals surface area contributed by atoms with Gasteiger partial charge in [0.05, 0.1) is 25.0 Å². The average molecular weight is 370 g/mol. The number of hydrogen-bond acceptors (Lipinski definition) is 5. The number of aliphatic hydroxyl groups excluding tert-OH is 1. The molecular formula is C19H20ClN5O. The molecule has 26 heavy (non-hydrogen) atoms. The predicted octanol–water partition coefficient (Wildman–Crippen LogP) is 3.61. The van der Waals surface area contributed by atoms with Crippen LogP contribution in [-0.4, -0.2) is 31.5 Å². The van der Waals surface area contributed by atoms with Crippen LogP contribution in [0.2, 0.25) is 5.02 Å². The minimum atomic E-state index is 0.0585. The molecule has 134 valence electrons. The van der Waals surface area contributed by atoms with E-state index < -0.39 is 0 Å². The lowest BCUT2D eigenvalue weighted by atomic mass is 9.96. The van der Waals surface area contributed by atoms with E-state index in [-0.39, 0.29) is 6.61 Å². The first kappa shape index (κ1) is 17.0. The van der Waals surface area contributed by atoms with Gasteiger partial charge in [-0.05, 0) is 37.8 Å². The first-order valence-corrected chi connectivity index (χ1v) is 9.17. The van der Waals surface area contributed by atoms with Crippen molar-refractivity contribution in [3.05, 3.63) is 52.9 Å². The van der Waals surface area contributed by atoms with Crippen LogP contribution in [0.5, 0.6) is 0 Å². The highest BCUT2D eigenvalue weighted by molar-refractivity contribution is 6.30. The van der Waals surface area contributed by atoms with Crippen molar-refractivity contribution in [3.63, 3.8) is 0 Å². The van der Waals surface area contributed by atoms with Gasteiger partial charge in [0.25, 0.3) is 0 Å². The number of halogens is 1. The number of anilines is 2. The Hall–Kier alpha value is -2.44. The lowest BCUT2D eigenvalue weighted by Gasteiger charge is -2.19. The standard InChI is InChI=1S/C19H20ClN5O/c20-14-5-3-4-13(10-14)18-23-17-7-2-1-6-16(17)19(24-18)22-15-11-21-25(12-15)8-9-26/h3-5,10-12,26H,1-2,6-9H2,(H,22,23,24). The van der Waals surface area contributed by atoms with Gasteiger partial charge in [0.1, 0.15) is 5.82 Å². The Labute approximate surface area is 156 Å². The molecule has 0 aliphatic heterocycles. The molecule has 3 aromatic rings. The van der Waals surface area contributed by atoms with E-state index in [1.54, 1.807) is 10.9 Å². The molecule has 2 aromatic heterocycles. The molecule has 2 heterocycles. The normalized spacial score (nSPS) is 13.5. The molecule has 0 fully saturated rings. The third kappa shape index (κ3) is 3.57. The molecule has 4 rings (SSSR count). The summed E-state index contributed by atoms with van der Waals surface area (Å²) < 4.78 is 1.70. The molecule has 1 aromatic carbocycles. The van der Waals surface area contributed by atoms with E-state index in [0.717, 1.165) is 48.4 Å². The highest BCUT2D eigenvalue weighted by Gasteiger charge is 2.19. The predicted molar refractivity (Wildman–Crippen MR) is 102 cm³/mol. The summed E-state index contributed by atoms with van der Waals surface area (Å²) in [5.74, 6) is 1.51. The first-order chi connectivity index (χ1) is 12.7. The monoisotopic (exact) mass is 369 g/mol. The Morgan fingerprint density at radius 2 is 2.08 bits per heavy atom. The van der Waals surface area contributed by atoms with E-state index in [2.05, 4.69) is 10.4 Å². The number of aliphatic hydroxyl groups is 1. The van der Waals surface area contributed by atoms with Gasteiger partial charge in [0, 0.05) is 28.0 Å². The Kier molecular flexibility index (Phi) is 4.86. The molecule has 0 saturated carbocycles. The van der Waals surface area contributed by atoms with Gasteiger partial charge in [0.15, 0.2) is 5.82 Å². The first-order valence-electron chi connectivity index (χ1n) is 8.79. The number of nitrogens with zero attached hydrogens (tertiary/aromatic N) is 4. The minimum Gasteiger partial charge on any atom is -0.394 e. The molecule has 1 aliphatic rings. The maximum atomic E-state index is 9.05. The van der Waals surface area contributed by atoms with Crippen LogP contribution in [0.4, 0.5) is 11.5 Å². The van der Waals surface area contributed by atoms with Crippen molar-refractivity contribution < 1.29 is 5.11 Å². The highest BCUT2D eigenvalue weighted by atomic mass is 35.5. The summed E-state index contributed by atoms with van der Waals surface area (Å²) in [4.78, 5) is 9.58. The second-order valence-electron chi connectivity index (χ2n) is 6.38. The third-order valence-electron chi connectivity index (χ3n) is 4.49. The number of fused-ring (bicyclic) bond motifs is 1. The maximum absolute atomic E-state index is 9.05. The molecule has 0 atom stereocenters. The van der Waals surface area contributed by atoms with Crippen LogP contribution in [0.1, 0.15) is 24.1 Å². The average Bonchev–Trinajstić information content (AvgIpc) is 3.09. The Morgan fingerprint density at radius 3 is 2.92 bits per heavy atom. The second-order valence-corrected chi connectivity index (χ2v) is 6.82. The van der Waals surface area contributed by atoms with Crippen LogP contribution in [0.15, 0.2) is 36.7 Å². The summed E-state index contributed by atoms with van der Waals surface area (Å²) in [7, 11) is 0. The molecule has 6 nitrogen and oxygen atoms in total. The van der Waals surface area contributed by atoms with Crippen LogP contribution in [0, 0.1) is 0 Å². The van der Waals surface area contributed by atoms with Crippen molar-refractivity contribution in [2.24, 2.45) is 0 Å². The van der Waals surface area contributed by atoms with Crippen LogP contribution in [-0.2, 0) is 19.4 Å². The lowest BCUT2D eigenvalue weighted by molar-refractivity contribution is 0.269. The minimum absolute atomic E-state index is 0.0585. The summed E-state index contributed by atoms with van der Waals surface area (Å²) in [6.45, 7) is 0.528. The third-order valence-corrected chi connectivity index (χ3v) is 4.73. The van der Waals surface area contributed by atoms with E-state index in [1.165, 1.54) is 5.56 Å². The largest absolute Gasteiger partial charge is 0.394 e. The number of aromatic nitrogens is 4. The van der Waals surface area contributed by atoms with Crippen LogP contribution >= 0.6 is 11.6 Å². The van der Waals surface area contributed by atoms with Gasteiger partial charge < -0.3 is 10.4 Å². The summed E-state index contributed by atoms with van der Waals surface area (Å²) in [5, 5.41) is 17.3. The zero-order valence-electron chi connectivity index (χ0n) is 14.3. The Morgan fingerprint density at radius 1 is 1.19 bits per heavy atom. The van der Waals surface area contributed by atoms with Gasteiger partial charge >= 0.3 is 0 Å². The van der Waals surface area contributed by atoms with Crippen molar-refractivity contribution >= 4 is 23.1 Å². The van der Waals surface area contributed by atoms with E-state index >= 15 is 0 Å². The molecule has 1 aliphatic carbocycles. The summed E-state index contributed by atoms with van der Waals surface area (Å²) in [5.41, 5.74) is 4.04. The van der Waals surface area contributed by atoms with E-state index in [0.29, 0.717) is 17.4 Å².